The smallest absolute Gasteiger partial charge is 0.271 e. The van der Waals surface area contributed by atoms with Gasteiger partial charge in [-0.05, 0) is 44.1 Å². The van der Waals surface area contributed by atoms with Crippen molar-refractivity contribution < 1.29 is 4.79 Å². The molecule has 106 valence electrons. The lowest BCUT2D eigenvalue weighted by molar-refractivity contribution is 0.0936. The summed E-state index contributed by atoms with van der Waals surface area (Å²) in [5, 5.41) is 7.28. The van der Waals surface area contributed by atoms with Crippen LogP contribution in [0.2, 0.25) is 0 Å². The first-order valence-corrected chi connectivity index (χ1v) is 7.97. The largest absolute Gasteiger partial charge is 0.395 e. The Morgan fingerprint density at radius 1 is 1.53 bits per heavy atom. The molecule has 0 atom stereocenters. The Morgan fingerprint density at radius 2 is 2.21 bits per heavy atom. The highest BCUT2D eigenvalue weighted by Gasteiger charge is 2.20. The van der Waals surface area contributed by atoms with Gasteiger partial charge >= 0.3 is 0 Å². The molecule has 0 spiro atoms. The second kappa shape index (κ2) is 6.32. The maximum Gasteiger partial charge on any atom is 0.271 e. The number of amides is 1. The molecule has 5 nitrogen and oxygen atoms in total. The minimum absolute atomic E-state index is 0.0989. The number of carbonyl (C=O) groups excluding carboxylic acids is 1. The van der Waals surface area contributed by atoms with Crippen LogP contribution >= 0.6 is 11.8 Å². The van der Waals surface area contributed by atoms with Crippen molar-refractivity contribution in [2.24, 2.45) is 5.92 Å². The highest BCUT2D eigenvalue weighted by molar-refractivity contribution is 7.99. The molecule has 0 bridgehead atoms. The fourth-order valence-electron chi connectivity index (χ4n) is 2.33. The van der Waals surface area contributed by atoms with E-state index in [1.807, 2.05) is 25.6 Å². The Labute approximate surface area is 118 Å². The van der Waals surface area contributed by atoms with E-state index in [1.165, 1.54) is 24.3 Å². The van der Waals surface area contributed by atoms with Gasteiger partial charge in [-0.25, -0.2) is 0 Å². The molecule has 2 rings (SSSR count). The average Bonchev–Trinajstić information content (AvgIpc) is 2.73. The highest BCUT2D eigenvalue weighted by atomic mass is 32.2. The summed E-state index contributed by atoms with van der Waals surface area (Å²) in [6.07, 6.45) is 2.37. The van der Waals surface area contributed by atoms with Gasteiger partial charge in [0.05, 0.1) is 11.4 Å². The predicted octanol–water partition coefficient (Wildman–Crippen LogP) is 1.67. The van der Waals surface area contributed by atoms with Crippen molar-refractivity contribution >= 4 is 23.4 Å². The van der Waals surface area contributed by atoms with Crippen molar-refractivity contribution in [1.82, 2.24) is 15.1 Å². The Hall–Kier alpha value is -1.17. The number of thioether (sulfide) groups is 1. The number of nitrogens with two attached hydrogens (primary N) is 1. The summed E-state index contributed by atoms with van der Waals surface area (Å²) in [6.45, 7) is 5.19. The van der Waals surface area contributed by atoms with Crippen molar-refractivity contribution in [2.75, 3.05) is 23.8 Å². The zero-order valence-electron chi connectivity index (χ0n) is 11.6. The third-order valence-electron chi connectivity index (χ3n) is 3.58. The Balaban J connectivity index is 1.99. The normalized spacial score (nSPS) is 16.5. The van der Waals surface area contributed by atoms with Gasteiger partial charge in [0.1, 0.15) is 5.69 Å². The average molecular weight is 282 g/mol. The number of nitrogens with one attached hydrogen (secondary N) is 1. The van der Waals surface area contributed by atoms with Gasteiger partial charge in [-0.3, -0.25) is 9.48 Å². The molecule has 3 N–H and O–H groups in total. The van der Waals surface area contributed by atoms with Crippen LogP contribution in [0.5, 0.6) is 0 Å². The molecular formula is C13H22N4OS. The number of nitrogens with zero attached hydrogens (tertiary/aromatic N) is 2. The summed E-state index contributed by atoms with van der Waals surface area (Å²) < 4.78 is 1.68. The second-order valence-corrected chi connectivity index (χ2v) is 6.15. The van der Waals surface area contributed by atoms with Crippen molar-refractivity contribution in [3.8, 4) is 0 Å². The number of hydrogen-bond donors (Lipinski definition) is 2. The molecule has 1 aliphatic rings. The van der Waals surface area contributed by atoms with E-state index in [0.717, 1.165) is 12.2 Å². The number of anilines is 1. The van der Waals surface area contributed by atoms with E-state index in [1.54, 1.807) is 4.68 Å². The van der Waals surface area contributed by atoms with Crippen LogP contribution in [-0.2, 0) is 6.54 Å². The molecule has 1 fully saturated rings. The summed E-state index contributed by atoms with van der Waals surface area (Å²) in [4.78, 5) is 12.2. The van der Waals surface area contributed by atoms with Crippen LogP contribution in [-0.4, -0.2) is 33.7 Å². The van der Waals surface area contributed by atoms with Crippen LogP contribution in [0.4, 0.5) is 5.69 Å². The maximum atomic E-state index is 12.2. The standard InChI is InChI=1S/C13H22N4OS/c1-3-17-12(11(14)9(2)16-17)13(18)15-8-10-4-6-19-7-5-10/h10H,3-8,14H2,1-2H3,(H,15,18). The molecule has 1 aromatic rings. The lowest BCUT2D eigenvalue weighted by atomic mass is 10.0. The molecule has 0 saturated carbocycles. The molecule has 1 aromatic heterocycles. The van der Waals surface area contributed by atoms with E-state index in [4.69, 9.17) is 5.73 Å². The number of hydrogen-bond acceptors (Lipinski definition) is 4. The topological polar surface area (TPSA) is 72.9 Å². The summed E-state index contributed by atoms with van der Waals surface area (Å²) in [5.41, 5.74) is 7.67. The van der Waals surface area contributed by atoms with Crippen LogP contribution in [0, 0.1) is 12.8 Å². The van der Waals surface area contributed by atoms with Crippen LogP contribution in [0.3, 0.4) is 0 Å². The highest BCUT2D eigenvalue weighted by Crippen LogP contribution is 2.22. The number of aromatic nitrogens is 2. The van der Waals surface area contributed by atoms with Crippen LogP contribution in [0.1, 0.15) is 35.9 Å². The van der Waals surface area contributed by atoms with Gasteiger partial charge in [0.15, 0.2) is 0 Å². The molecule has 1 saturated heterocycles. The first kappa shape index (κ1) is 14.2. The summed E-state index contributed by atoms with van der Waals surface area (Å²) in [7, 11) is 0. The van der Waals surface area contributed by atoms with Crippen molar-refractivity contribution in [3.63, 3.8) is 0 Å². The van der Waals surface area contributed by atoms with E-state index >= 15 is 0 Å². The van der Waals surface area contributed by atoms with E-state index in [2.05, 4.69) is 10.4 Å². The number of carbonyl (C=O) groups is 1. The van der Waals surface area contributed by atoms with Crippen molar-refractivity contribution in [3.05, 3.63) is 11.4 Å². The van der Waals surface area contributed by atoms with Crippen LogP contribution in [0.15, 0.2) is 0 Å². The third-order valence-corrected chi connectivity index (χ3v) is 4.63. The van der Waals surface area contributed by atoms with E-state index in [0.29, 0.717) is 23.8 Å². The summed E-state index contributed by atoms with van der Waals surface area (Å²) in [5.74, 6) is 2.91. The van der Waals surface area contributed by atoms with Gasteiger partial charge < -0.3 is 11.1 Å². The Morgan fingerprint density at radius 3 is 2.84 bits per heavy atom. The molecule has 6 heteroatoms. The SMILES string of the molecule is CCn1nc(C)c(N)c1C(=O)NCC1CCSCC1. The second-order valence-electron chi connectivity index (χ2n) is 4.93. The van der Waals surface area contributed by atoms with Gasteiger partial charge in [-0.2, -0.15) is 16.9 Å². The van der Waals surface area contributed by atoms with Crippen LogP contribution in [0.25, 0.3) is 0 Å². The zero-order chi connectivity index (χ0) is 13.8. The van der Waals surface area contributed by atoms with Gasteiger partial charge in [0.25, 0.3) is 5.91 Å². The Bertz CT molecular complexity index is 452. The molecular weight excluding hydrogens is 260 g/mol. The quantitative estimate of drug-likeness (QED) is 0.881. The number of nitrogen functional groups attached to an aromatic ring is 1. The van der Waals surface area contributed by atoms with Crippen molar-refractivity contribution in [2.45, 2.75) is 33.2 Å². The fraction of sp³-hybridized carbons (Fsp3) is 0.692. The minimum Gasteiger partial charge on any atom is -0.395 e. The minimum atomic E-state index is -0.0989. The van der Waals surface area contributed by atoms with Crippen molar-refractivity contribution in [1.29, 1.82) is 0 Å². The molecule has 0 unspecified atom stereocenters. The van der Waals surface area contributed by atoms with E-state index in [-0.39, 0.29) is 5.91 Å². The van der Waals surface area contributed by atoms with Crippen LogP contribution < -0.4 is 11.1 Å². The summed E-state index contributed by atoms with van der Waals surface area (Å²) >= 11 is 1.99. The molecule has 0 aromatic carbocycles. The van der Waals surface area contributed by atoms with Gasteiger partial charge in [-0.1, -0.05) is 0 Å². The van der Waals surface area contributed by atoms with Gasteiger partial charge in [-0.15, -0.1) is 0 Å². The lowest BCUT2D eigenvalue weighted by Gasteiger charge is -2.21. The monoisotopic (exact) mass is 282 g/mol. The molecule has 0 aliphatic carbocycles. The number of aryl methyl sites for hydroxylation is 2. The molecule has 1 amide bonds. The zero-order valence-corrected chi connectivity index (χ0v) is 12.4. The van der Waals surface area contributed by atoms with E-state index in [9.17, 15) is 4.79 Å². The first-order valence-electron chi connectivity index (χ1n) is 6.82. The third kappa shape index (κ3) is 3.23. The molecule has 0 radical (unpaired) electrons. The van der Waals surface area contributed by atoms with Gasteiger partial charge in [0, 0.05) is 13.1 Å². The van der Waals surface area contributed by atoms with Gasteiger partial charge in [0.2, 0.25) is 0 Å². The molecule has 1 aliphatic heterocycles. The predicted molar refractivity (Wildman–Crippen MR) is 79.4 cm³/mol. The maximum absolute atomic E-state index is 12.2. The Kier molecular flexibility index (Phi) is 4.74. The van der Waals surface area contributed by atoms with E-state index < -0.39 is 0 Å². The first-order chi connectivity index (χ1) is 9.13. The lowest BCUT2D eigenvalue weighted by Crippen LogP contribution is -2.32. The molecule has 2 heterocycles. The fourth-order valence-corrected chi connectivity index (χ4v) is 3.54. The number of rotatable bonds is 4. The molecule has 19 heavy (non-hydrogen) atoms. The summed E-state index contributed by atoms with van der Waals surface area (Å²) in [6, 6.07) is 0.